The Bertz CT molecular complexity index is 519. The number of nitriles is 1. The summed E-state index contributed by atoms with van der Waals surface area (Å²) in [5.74, 6) is 1.10. The lowest BCUT2D eigenvalue weighted by atomic mass is 9.96. The Morgan fingerprint density at radius 2 is 1.52 bits per heavy atom. The Hall–Kier alpha value is -1.14. The van der Waals surface area contributed by atoms with Crippen molar-refractivity contribution in [2.75, 3.05) is 10.5 Å². The molecule has 0 spiro atoms. The van der Waals surface area contributed by atoms with Gasteiger partial charge in [-0.25, -0.2) is 0 Å². The highest BCUT2D eigenvalue weighted by Crippen LogP contribution is 2.28. The second kappa shape index (κ2) is 14.1. The van der Waals surface area contributed by atoms with Crippen LogP contribution in [0.15, 0.2) is 12.1 Å². The van der Waals surface area contributed by atoms with Crippen LogP contribution < -0.4 is 4.72 Å². The fourth-order valence-electron chi connectivity index (χ4n) is 3.01. The summed E-state index contributed by atoms with van der Waals surface area (Å²) in [7, 11) is 0. The summed E-state index contributed by atoms with van der Waals surface area (Å²) in [6.07, 6.45) is 13.3. The van der Waals surface area contributed by atoms with Gasteiger partial charge in [0.2, 0.25) is 0 Å². The Balaban J connectivity index is 2.86. The first-order valence-electron chi connectivity index (χ1n) is 10.2. The highest BCUT2D eigenvalue weighted by Gasteiger charge is 2.11. The highest BCUT2D eigenvalue weighted by molar-refractivity contribution is 8.00. The number of nitrogens with zero attached hydrogens (tertiary/aromatic N) is 1. The number of aryl methyl sites for hydroxylation is 2. The SMILES string of the molecule is CCCCCSNc1c(C#N)cc(CCCCC)cc1CCCCC. The molecule has 0 fully saturated rings. The zero-order chi connectivity index (χ0) is 18.3. The standard InChI is InChI=1S/C22H36N2S/c1-4-7-10-13-19-16-20(14-11-8-5-2)22(21(17-19)18-23)24-25-15-12-9-6-3/h16-17,24H,4-15H2,1-3H3. The Labute approximate surface area is 159 Å². The van der Waals surface area contributed by atoms with Crippen LogP contribution in [-0.4, -0.2) is 5.75 Å². The third-order valence-electron chi connectivity index (χ3n) is 4.54. The van der Waals surface area contributed by atoms with Gasteiger partial charge in [-0.15, -0.1) is 0 Å². The maximum Gasteiger partial charge on any atom is 0.101 e. The van der Waals surface area contributed by atoms with Gasteiger partial charge >= 0.3 is 0 Å². The number of benzene rings is 1. The van der Waals surface area contributed by atoms with Gasteiger partial charge in [0.25, 0.3) is 0 Å². The van der Waals surface area contributed by atoms with E-state index in [1.165, 1.54) is 68.9 Å². The molecule has 0 bridgehead atoms. The minimum atomic E-state index is 0.823. The number of anilines is 1. The van der Waals surface area contributed by atoms with Gasteiger partial charge in [0, 0.05) is 5.75 Å². The fourth-order valence-corrected chi connectivity index (χ4v) is 3.85. The molecule has 0 aliphatic heterocycles. The molecule has 0 radical (unpaired) electrons. The van der Waals surface area contributed by atoms with Gasteiger partial charge in [-0.1, -0.05) is 77.3 Å². The summed E-state index contributed by atoms with van der Waals surface area (Å²) >= 11 is 1.76. The summed E-state index contributed by atoms with van der Waals surface area (Å²) in [5, 5.41) is 9.65. The summed E-state index contributed by atoms with van der Waals surface area (Å²) in [5.41, 5.74) is 4.56. The second-order valence-electron chi connectivity index (χ2n) is 6.86. The number of hydrogen-bond acceptors (Lipinski definition) is 3. The average molecular weight is 361 g/mol. The Kier molecular flexibility index (Phi) is 12.3. The molecule has 1 rings (SSSR count). The van der Waals surface area contributed by atoms with E-state index in [-0.39, 0.29) is 0 Å². The average Bonchev–Trinajstić information content (AvgIpc) is 2.62. The van der Waals surface area contributed by atoms with Crippen LogP contribution >= 0.6 is 11.9 Å². The molecule has 2 nitrogen and oxygen atoms in total. The largest absolute Gasteiger partial charge is 0.328 e. The van der Waals surface area contributed by atoms with Crippen molar-refractivity contribution in [3.63, 3.8) is 0 Å². The summed E-state index contributed by atoms with van der Waals surface area (Å²) < 4.78 is 3.51. The topological polar surface area (TPSA) is 35.8 Å². The molecule has 0 aliphatic rings. The quantitative estimate of drug-likeness (QED) is 0.280. The lowest BCUT2D eigenvalue weighted by Crippen LogP contribution is -2.02. The molecule has 1 aromatic rings. The van der Waals surface area contributed by atoms with Gasteiger partial charge in [0.05, 0.1) is 11.3 Å². The molecule has 0 saturated carbocycles. The lowest BCUT2D eigenvalue weighted by molar-refractivity contribution is 0.709. The first-order valence-corrected chi connectivity index (χ1v) is 11.2. The summed E-state index contributed by atoms with van der Waals surface area (Å²) in [6, 6.07) is 6.89. The summed E-state index contributed by atoms with van der Waals surface area (Å²) in [6.45, 7) is 6.71. The van der Waals surface area contributed by atoms with E-state index < -0.39 is 0 Å². The van der Waals surface area contributed by atoms with Gasteiger partial charge in [0.15, 0.2) is 0 Å². The van der Waals surface area contributed by atoms with E-state index >= 15 is 0 Å². The van der Waals surface area contributed by atoms with Crippen molar-refractivity contribution in [2.45, 2.75) is 91.4 Å². The van der Waals surface area contributed by atoms with Crippen LogP contribution in [0.1, 0.15) is 95.2 Å². The predicted octanol–water partition coefficient (Wildman–Crippen LogP) is 7.27. The third kappa shape index (κ3) is 8.68. The molecule has 0 heterocycles. The molecule has 0 atom stereocenters. The molecular formula is C22H36N2S. The zero-order valence-electron chi connectivity index (χ0n) is 16.5. The van der Waals surface area contributed by atoms with Gasteiger partial charge < -0.3 is 4.72 Å². The number of hydrogen-bond donors (Lipinski definition) is 1. The van der Waals surface area contributed by atoms with Crippen LogP contribution in [0.3, 0.4) is 0 Å². The van der Waals surface area contributed by atoms with Crippen molar-refractivity contribution in [3.8, 4) is 6.07 Å². The van der Waals surface area contributed by atoms with Crippen molar-refractivity contribution in [3.05, 3.63) is 28.8 Å². The molecule has 1 N–H and O–H groups in total. The van der Waals surface area contributed by atoms with Crippen LogP contribution in [0.2, 0.25) is 0 Å². The predicted molar refractivity (Wildman–Crippen MR) is 113 cm³/mol. The molecule has 0 unspecified atom stereocenters. The molecule has 140 valence electrons. The molecule has 1 aromatic carbocycles. The smallest absolute Gasteiger partial charge is 0.101 e. The van der Waals surface area contributed by atoms with Crippen molar-refractivity contribution in [1.29, 1.82) is 5.26 Å². The molecule has 25 heavy (non-hydrogen) atoms. The van der Waals surface area contributed by atoms with E-state index in [2.05, 4.69) is 43.7 Å². The molecule has 0 aromatic heterocycles. The fraction of sp³-hybridized carbons (Fsp3) is 0.682. The van der Waals surface area contributed by atoms with E-state index in [1.54, 1.807) is 11.9 Å². The van der Waals surface area contributed by atoms with Crippen LogP contribution in [0.4, 0.5) is 5.69 Å². The van der Waals surface area contributed by atoms with Gasteiger partial charge in [-0.05, 0) is 49.3 Å². The van der Waals surface area contributed by atoms with Crippen LogP contribution in [0.25, 0.3) is 0 Å². The van der Waals surface area contributed by atoms with Crippen molar-refractivity contribution in [1.82, 2.24) is 0 Å². The first-order chi connectivity index (χ1) is 12.3. The maximum atomic E-state index is 9.65. The van der Waals surface area contributed by atoms with Crippen LogP contribution in [-0.2, 0) is 12.8 Å². The van der Waals surface area contributed by atoms with E-state index in [0.29, 0.717) is 0 Å². The molecule has 0 aliphatic carbocycles. The van der Waals surface area contributed by atoms with E-state index in [0.717, 1.165) is 29.8 Å². The van der Waals surface area contributed by atoms with E-state index in [4.69, 9.17) is 0 Å². The first kappa shape index (κ1) is 21.9. The lowest BCUT2D eigenvalue weighted by Gasteiger charge is -2.15. The van der Waals surface area contributed by atoms with E-state index in [1.807, 2.05) is 0 Å². The minimum Gasteiger partial charge on any atom is -0.328 e. The third-order valence-corrected chi connectivity index (χ3v) is 5.38. The van der Waals surface area contributed by atoms with Gasteiger partial charge in [0.1, 0.15) is 6.07 Å². The monoisotopic (exact) mass is 360 g/mol. The highest BCUT2D eigenvalue weighted by atomic mass is 32.2. The number of unbranched alkanes of at least 4 members (excludes halogenated alkanes) is 6. The molecular weight excluding hydrogens is 324 g/mol. The molecule has 3 heteroatoms. The summed E-state index contributed by atoms with van der Waals surface area (Å²) in [4.78, 5) is 0. The van der Waals surface area contributed by atoms with Crippen molar-refractivity contribution in [2.24, 2.45) is 0 Å². The van der Waals surface area contributed by atoms with Gasteiger partial charge in [-0.2, -0.15) is 5.26 Å². The Morgan fingerprint density at radius 1 is 0.880 bits per heavy atom. The van der Waals surface area contributed by atoms with Crippen molar-refractivity contribution < 1.29 is 0 Å². The minimum absolute atomic E-state index is 0.823. The second-order valence-corrected chi connectivity index (χ2v) is 7.76. The molecule has 0 amide bonds. The van der Waals surface area contributed by atoms with Crippen molar-refractivity contribution >= 4 is 17.6 Å². The van der Waals surface area contributed by atoms with Crippen LogP contribution in [0.5, 0.6) is 0 Å². The number of nitrogens with one attached hydrogen (secondary N) is 1. The normalized spacial score (nSPS) is 10.6. The van der Waals surface area contributed by atoms with E-state index in [9.17, 15) is 5.26 Å². The van der Waals surface area contributed by atoms with Gasteiger partial charge in [-0.3, -0.25) is 0 Å². The zero-order valence-corrected chi connectivity index (χ0v) is 17.3. The molecule has 0 saturated heterocycles. The number of rotatable bonds is 14. The Morgan fingerprint density at radius 3 is 2.16 bits per heavy atom. The van der Waals surface area contributed by atoms with Crippen LogP contribution in [0, 0.1) is 11.3 Å². The maximum absolute atomic E-state index is 9.65.